The number of pyridine rings is 1. The Balaban J connectivity index is 1.42. The van der Waals surface area contributed by atoms with Gasteiger partial charge in [-0.2, -0.15) is 4.98 Å². The van der Waals surface area contributed by atoms with Gasteiger partial charge in [0, 0.05) is 31.0 Å². The number of rotatable bonds is 4. The van der Waals surface area contributed by atoms with Crippen molar-refractivity contribution in [1.29, 1.82) is 0 Å². The molecule has 1 aliphatic heterocycles. The molecule has 0 saturated carbocycles. The molecule has 0 radical (unpaired) electrons. The zero-order valence-electron chi connectivity index (χ0n) is 13.4. The maximum Gasteiger partial charge on any atom is 0.231 e. The Labute approximate surface area is 143 Å². The zero-order chi connectivity index (χ0) is 17.2. The standard InChI is InChI=1S/C18H16F2N4O/c19-15-4-3-12(8-16(15)20)10-24-7-5-14(11-24)18-22-17(23-25-18)13-2-1-6-21-9-13/h1-4,6,8-9,14H,5,7,10-11H2. The monoisotopic (exact) mass is 342 g/mol. The topological polar surface area (TPSA) is 55.1 Å². The first-order valence-corrected chi connectivity index (χ1v) is 8.09. The van der Waals surface area contributed by atoms with Crippen LogP contribution in [0.5, 0.6) is 0 Å². The van der Waals surface area contributed by atoms with Gasteiger partial charge in [0.25, 0.3) is 0 Å². The van der Waals surface area contributed by atoms with E-state index in [4.69, 9.17) is 4.52 Å². The van der Waals surface area contributed by atoms with Crippen LogP contribution in [-0.4, -0.2) is 33.1 Å². The molecule has 3 heterocycles. The quantitative estimate of drug-likeness (QED) is 0.727. The van der Waals surface area contributed by atoms with Crippen molar-refractivity contribution >= 4 is 0 Å². The maximum atomic E-state index is 13.3. The van der Waals surface area contributed by atoms with Crippen molar-refractivity contribution in [1.82, 2.24) is 20.0 Å². The van der Waals surface area contributed by atoms with Gasteiger partial charge in [0.15, 0.2) is 11.6 Å². The Morgan fingerprint density at radius 3 is 2.92 bits per heavy atom. The van der Waals surface area contributed by atoms with Crippen LogP contribution in [0.2, 0.25) is 0 Å². The fourth-order valence-electron chi connectivity index (χ4n) is 3.09. The van der Waals surface area contributed by atoms with Gasteiger partial charge >= 0.3 is 0 Å². The van der Waals surface area contributed by atoms with E-state index in [2.05, 4.69) is 20.0 Å². The average molecular weight is 342 g/mol. The van der Waals surface area contributed by atoms with Crippen LogP contribution >= 0.6 is 0 Å². The predicted octanol–water partition coefficient (Wildman–Crippen LogP) is 3.40. The molecular formula is C18H16F2N4O. The van der Waals surface area contributed by atoms with E-state index in [1.807, 2.05) is 12.1 Å². The van der Waals surface area contributed by atoms with E-state index in [1.165, 1.54) is 6.07 Å². The third-order valence-electron chi connectivity index (χ3n) is 4.37. The summed E-state index contributed by atoms with van der Waals surface area (Å²) in [5.41, 5.74) is 1.57. The third kappa shape index (κ3) is 3.41. The number of likely N-dealkylation sites (tertiary alicyclic amines) is 1. The highest BCUT2D eigenvalue weighted by Gasteiger charge is 2.28. The highest BCUT2D eigenvalue weighted by atomic mass is 19.2. The zero-order valence-corrected chi connectivity index (χ0v) is 13.4. The minimum Gasteiger partial charge on any atom is -0.339 e. The Bertz CT molecular complexity index is 869. The second kappa shape index (κ2) is 6.68. The lowest BCUT2D eigenvalue weighted by atomic mass is 10.1. The highest BCUT2D eigenvalue weighted by Crippen LogP contribution is 2.28. The van der Waals surface area contributed by atoms with Crippen LogP contribution in [-0.2, 0) is 6.54 Å². The van der Waals surface area contributed by atoms with E-state index in [0.717, 1.165) is 36.7 Å². The van der Waals surface area contributed by atoms with Gasteiger partial charge in [0.1, 0.15) is 0 Å². The van der Waals surface area contributed by atoms with Gasteiger partial charge in [0.05, 0.1) is 5.92 Å². The van der Waals surface area contributed by atoms with Crippen molar-refractivity contribution < 1.29 is 13.3 Å². The molecular weight excluding hydrogens is 326 g/mol. The van der Waals surface area contributed by atoms with Crippen molar-refractivity contribution in [3.05, 3.63) is 65.8 Å². The van der Waals surface area contributed by atoms with Gasteiger partial charge < -0.3 is 4.52 Å². The molecule has 7 heteroatoms. The summed E-state index contributed by atoms with van der Waals surface area (Å²) >= 11 is 0. The van der Waals surface area contributed by atoms with Crippen LogP contribution in [0.3, 0.4) is 0 Å². The molecule has 0 N–H and O–H groups in total. The van der Waals surface area contributed by atoms with Crippen molar-refractivity contribution in [2.75, 3.05) is 13.1 Å². The Morgan fingerprint density at radius 2 is 2.12 bits per heavy atom. The van der Waals surface area contributed by atoms with Crippen molar-refractivity contribution in [2.45, 2.75) is 18.9 Å². The summed E-state index contributed by atoms with van der Waals surface area (Å²) in [6.45, 7) is 2.15. The molecule has 0 bridgehead atoms. The first kappa shape index (κ1) is 15.8. The molecule has 1 fully saturated rings. The largest absolute Gasteiger partial charge is 0.339 e. The van der Waals surface area contributed by atoms with Crippen molar-refractivity contribution in [3.63, 3.8) is 0 Å². The molecule has 0 amide bonds. The maximum absolute atomic E-state index is 13.3. The van der Waals surface area contributed by atoms with Crippen molar-refractivity contribution in [2.24, 2.45) is 0 Å². The smallest absolute Gasteiger partial charge is 0.231 e. The molecule has 5 nitrogen and oxygen atoms in total. The van der Waals surface area contributed by atoms with Crippen LogP contribution in [0.1, 0.15) is 23.8 Å². The van der Waals surface area contributed by atoms with Crippen LogP contribution < -0.4 is 0 Å². The number of aromatic nitrogens is 3. The Morgan fingerprint density at radius 1 is 1.20 bits per heavy atom. The molecule has 1 atom stereocenters. The summed E-state index contributed by atoms with van der Waals surface area (Å²) in [5.74, 6) is -0.361. The number of benzene rings is 1. The fourth-order valence-corrected chi connectivity index (χ4v) is 3.09. The van der Waals surface area contributed by atoms with Gasteiger partial charge in [-0.15, -0.1) is 0 Å². The number of hydrogen-bond acceptors (Lipinski definition) is 5. The molecule has 3 aromatic rings. The fraction of sp³-hybridized carbons (Fsp3) is 0.278. The van der Waals surface area contributed by atoms with Gasteiger partial charge in [-0.25, -0.2) is 8.78 Å². The lowest BCUT2D eigenvalue weighted by Gasteiger charge is -2.15. The first-order valence-electron chi connectivity index (χ1n) is 8.09. The SMILES string of the molecule is Fc1ccc(CN2CCC(c3nc(-c4cccnc4)no3)C2)cc1F. The van der Waals surface area contributed by atoms with E-state index in [1.54, 1.807) is 18.5 Å². The van der Waals surface area contributed by atoms with Crippen LogP contribution in [0.4, 0.5) is 8.78 Å². The number of nitrogens with zero attached hydrogens (tertiary/aromatic N) is 4. The van der Waals surface area contributed by atoms with E-state index >= 15 is 0 Å². The van der Waals surface area contributed by atoms with Gasteiger partial charge in [0.2, 0.25) is 11.7 Å². The normalized spacial score (nSPS) is 17.9. The molecule has 4 rings (SSSR count). The van der Waals surface area contributed by atoms with E-state index in [0.29, 0.717) is 18.3 Å². The van der Waals surface area contributed by atoms with Crippen LogP contribution in [0, 0.1) is 11.6 Å². The summed E-state index contributed by atoms with van der Waals surface area (Å²) < 4.78 is 31.8. The third-order valence-corrected chi connectivity index (χ3v) is 4.37. The van der Waals surface area contributed by atoms with Gasteiger partial charge in [-0.05, 0) is 42.8 Å². The summed E-state index contributed by atoms with van der Waals surface area (Å²) in [4.78, 5) is 10.7. The van der Waals surface area contributed by atoms with E-state index < -0.39 is 11.6 Å². The Kier molecular flexibility index (Phi) is 4.23. The molecule has 1 aliphatic rings. The van der Waals surface area contributed by atoms with E-state index in [9.17, 15) is 8.78 Å². The number of hydrogen-bond donors (Lipinski definition) is 0. The highest BCUT2D eigenvalue weighted by molar-refractivity contribution is 5.51. The molecule has 2 aromatic heterocycles. The molecule has 1 saturated heterocycles. The molecule has 0 aliphatic carbocycles. The molecule has 25 heavy (non-hydrogen) atoms. The van der Waals surface area contributed by atoms with Crippen molar-refractivity contribution in [3.8, 4) is 11.4 Å². The average Bonchev–Trinajstić information content (AvgIpc) is 3.28. The molecule has 1 unspecified atom stereocenters. The minimum atomic E-state index is -0.822. The number of halogens is 2. The molecule has 128 valence electrons. The summed E-state index contributed by atoms with van der Waals surface area (Å²) in [5, 5.41) is 4.03. The first-order chi connectivity index (χ1) is 12.2. The molecule has 1 aromatic carbocycles. The lowest BCUT2D eigenvalue weighted by Crippen LogP contribution is -2.20. The second-order valence-electron chi connectivity index (χ2n) is 6.17. The van der Waals surface area contributed by atoms with Crippen LogP contribution in [0.15, 0.2) is 47.2 Å². The van der Waals surface area contributed by atoms with Crippen LogP contribution in [0.25, 0.3) is 11.4 Å². The molecule has 0 spiro atoms. The summed E-state index contributed by atoms with van der Waals surface area (Å²) in [7, 11) is 0. The van der Waals surface area contributed by atoms with Gasteiger partial charge in [-0.1, -0.05) is 11.2 Å². The lowest BCUT2D eigenvalue weighted by molar-refractivity contribution is 0.308. The Hall–Kier alpha value is -2.67. The second-order valence-corrected chi connectivity index (χ2v) is 6.17. The minimum absolute atomic E-state index is 0.142. The summed E-state index contributed by atoms with van der Waals surface area (Å²) in [6.07, 6.45) is 4.27. The predicted molar refractivity (Wildman–Crippen MR) is 86.5 cm³/mol. The van der Waals surface area contributed by atoms with E-state index in [-0.39, 0.29) is 5.92 Å². The summed E-state index contributed by atoms with van der Waals surface area (Å²) in [6, 6.07) is 7.72. The van der Waals surface area contributed by atoms with Gasteiger partial charge in [-0.3, -0.25) is 9.88 Å².